The Morgan fingerprint density at radius 1 is 0.885 bits per heavy atom. The minimum absolute atomic E-state index is 0.159. The molecule has 0 N–H and O–H groups in total. The number of rotatable bonds is 4. The number of piperazine rings is 1. The third-order valence-electron chi connectivity index (χ3n) is 4.54. The van der Waals surface area contributed by atoms with Crippen molar-refractivity contribution in [2.75, 3.05) is 31.1 Å². The van der Waals surface area contributed by atoms with E-state index in [9.17, 15) is 4.79 Å². The summed E-state index contributed by atoms with van der Waals surface area (Å²) < 4.78 is 5.80. The molecule has 6 heteroatoms. The summed E-state index contributed by atoms with van der Waals surface area (Å²) in [5, 5.41) is 8.29. The molecule has 0 aliphatic carbocycles. The summed E-state index contributed by atoms with van der Waals surface area (Å²) in [6.07, 6.45) is 0.444. The van der Waals surface area contributed by atoms with Crippen LogP contribution in [0.25, 0.3) is 11.5 Å². The van der Waals surface area contributed by atoms with Gasteiger partial charge in [0.2, 0.25) is 11.8 Å². The van der Waals surface area contributed by atoms with E-state index in [-0.39, 0.29) is 5.91 Å². The van der Waals surface area contributed by atoms with Crippen molar-refractivity contribution in [3.63, 3.8) is 0 Å². The van der Waals surface area contributed by atoms with Gasteiger partial charge >= 0.3 is 6.01 Å². The molecule has 1 fully saturated rings. The lowest BCUT2D eigenvalue weighted by atomic mass is 10.1. The zero-order valence-electron chi connectivity index (χ0n) is 14.4. The molecular weight excluding hydrogens is 328 g/mol. The fourth-order valence-electron chi connectivity index (χ4n) is 3.07. The number of anilines is 1. The third kappa shape index (κ3) is 3.59. The molecule has 0 spiro atoms. The molecule has 1 aliphatic heterocycles. The van der Waals surface area contributed by atoms with E-state index in [2.05, 4.69) is 10.2 Å². The summed E-state index contributed by atoms with van der Waals surface area (Å²) in [7, 11) is 0. The summed E-state index contributed by atoms with van der Waals surface area (Å²) in [4.78, 5) is 16.4. The molecule has 0 saturated carbocycles. The van der Waals surface area contributed by atoms with Crippen molar-refractivity contribution in [1.29, 1.82) is 0 Å². The van der Waals surface area contributed by atoms with Gasteiger partial charge in [-0.05, 0) is 17.7 Å². The molecule has 4 rings (SSSR count). The van der Waals surface area contributed by atoms with Gasteiger partial charge in [-0.25, -0.2) is 0 Å². The van der Waals surface area contributed by atoms with E-state index in [0.29, 0.717) is 44.5 Å². The van der Waals surface area contributed by atoms with Crippen molar-refractivity contribution in [2.24, 2.45) is 0 Å². The Morgan fingerprint density at radius 3 is 2.23 bits per heavy atom. The van der Waals surface area contributed by atoms with Gasteiger partial charge in [0.15, 0.2) is 0 Å². The average Bonchev–Trinajstić information content (AvgIpc) is 3.20. The number of amides is 1. The highest BCUT2D eigenvalue weighted by Gasteiger charge is 2.24. The van der Waals surface area contributed by atoms with Gasteiger partial charge in [0, 0.05) is 31.7 Å². The van der Waals surface area contributed by atoms with Gasteiger partial charge in [-0.2, -0.15) is 0 Å². The maximum absolute atomic E-state index is 12.5. The Labute approximate surface area is 152 Å². The van der Waals surface area contributed by atoms with Crippen LogP contribution in [0.5, 0.6) is 0 Å². The Hall–Kier alpha value is -3.15. The van der Waals surface area contributed by atoms with Crippen molar-refractivity contribution in [3.8, 4) is 11.5 Å². The van der Waals surface area contributed by atoms with Crippen LogP contribution in [0, 0.1) is 0 Å². The van der Waals surface area contributed by atoms with E-state index in [1.54, 1.807) is 0 Å². The second-order valence-corrected chi connectivity index (χ2v) is 6.29. The molecule has 6 nitrogen and oxygen atoms in total. The summed E-state index contributed by atoms with van der Waals surface area (Å²) in [5.74, 6) is 0.675. The molecule has 2 aromatic carbocycles. The van der Waals surface area contributed by atoms with E-state index in [4.69, 9.17) is 4.42 Å². The lowest BCUT2D eigenvalue weighted by Gasteiger charge is -2.33. The molecule has 132 valence electrons. The highest BCUT2D eigenvalue weighted by Crippen LogP contribution is 2.22. The SMILES string of the molecule is O=C(Cc1ccccc1)N1CCN(c2nnc(-c3ccccc3)o2)CC1. The maximum atomic E-state index is 12.5. The first kappa shape index (κ1) is 16.3. The van der Waals surface area contributed by atoms with Gasteiger partial charge in [0.05, 0.1) is 6.42 Å². The second kappa shape index (κ2) is 7.39. The van der Waals surface area contributed by atoms with E-state index >= 15 is 0 Å². The first-order chi connectivity index (χ1) is 12.8. The first-order valence-corrected chi connectivity index (χ1v) is 8.75. The number of hydrogen-bond donors (Lipinski definition) is 0. The van der Waals surface area contributed by atoms with Crippen molar-refractivity contribution < 1.29 is 9.21 Å². The van der Waals surface area contributed by atoms with Crippen LogP contribution in [0.15, 0.2) is 65.1 Å². The fraction of sp³-hybridized carbons (Fsp3) is 0.250. The molecule has 1 aliphatic rings. The highest BCUT2D eigenvalue weighted by atomic mass is 16.4. The molecule has 0 bridgehead atoms. The van der Waals surface area contributed by atoms with Gasteiger partial charge in [-0.3, -0.25) is 4.79 Å². The van der Waals surface area contributed by atoms with E-state index in [1.165, 1.54) is 0 Å². The molecule has 1 amide bonds. The second-order valence-electron chi connectivity index (χ2n) is 6.29. The molecule has 0 unspecified atom stereocenters. The molecular formula is C20H20N4O2. The molecule has 26 heavy (non-hydrogen) atoms. The Kier molecular flexibility index (Phi) is 4.64. The van der Waals surface area contributed by atoms with Crippen LogP contribution in [0.2, 0.25) is 0 Å². The van der Waals surface area contributed by atoms with Gasteiger partial charge < -0.3 is 14.2 Å². The predicted octanol–water partition coefficient (Wildman–Crippen LogP) is 2.63. The number of aromatic nitrogens is 2. The molecule has 2 heterocycles. The van der Waals surface area contributed by atoms with Gasteiger partial charge in [0.25, 0.3) is 0 Å². The van der Waals surface area contributed by atoms with E-state index in [0.717, 1.165) is 11.1 Å². The molecule has 0 atom stereocenters. The van der Waals surface area contributed by atoms with Crippen molar-refractivity contribution in [2.45, 2.75) is 6.42 Å². The summed E-state index contributed by atoms with van der Waals surface area (Å²) in [6, 6.07) is 20.1. The third-order valence-corrected chi connectivity index (χ3v) is 4.54. The number of benzene rings is 2. The minimum Gasteiger partial charge on any atom is -0.403 e. The Balaban J connectivity index is 1.35. The van der Waals surface area contributed by atoms with Crippen LogP contribution < -0.4 is 4.90 Å². The first-order valence-electron chi connectivity index (χ1n) is 8.75. The average molecular weight is 348 g/mol. The van der Waals surface area contributed by atoms with Crippen LogP contribution >= 0.6 is 0 Å². The minimum atomic E-state index is 0.159. The fourth-order valence-corrected chi connectivity index (χ4v) is 3.07. The Morgan fingerprint density at radius 2 is 1.54 bits per heavy atom. The summed E-state index contributed by atoms with van der Waals surface area (Å²) >= 11 is 0. The van der Waals surface area contributed by atoms with Crippen molar-refractivity contribution in [3.05, 3.63) is 66.2 Å². The highest BCUT2D eigenvalue weighted by molar-refractivity contribution is 5.79. The standard InChI is InChI=1S/C20H20N4O2/c25-18(15-16-7-3-1-4-8-16)23-11-13-24(14-12-23)20-22-21-19(26-20)17-9-5-2-6-10-17/h1-10H,11-15H2. The lowest BCUT2D eigenvalue weighted by molar-refractivity contribution is -0.130. The zero-order chi connectivity index (χ0) is 17.8. The number of carbonyl (C=O) groups excluding carboxylic acids is 1. The zero-order valence-corrected chi connectivity index (χ0v) is 14.4. The summed E-state index contributed by atoms with van der Waals surface area (Å²) in [5.41, 5.74) is 1.95. The Bertz CT molecular complexity index is 856. The topological polar surface area (TPSA) is 62.5 Å². The number of nitrogens with zero attached hydrogens (tertiary/aromatic N) is 4. The molecule has 0 radical (unpaired) electrons. The number of hydrogen-bond acceptors (Lipinski definition) is 5. The van der Waals surface area contributed by atoms with E-state index < -0.39 is 0 Å². The monoisotopic (exact) mass is 348 g/mol. The van der Waals surface area contributed by atoms with Gasteiger partial charge in [-0.15, -0.1) is 5.10 Å². The predicted molar refractivity (Wildman–Crippen MR) is 98.7 cm³/mol. The van der Waals surface area contributed by atoms with Crippen LogP contribution in [-0.2, 0) is 11.2 Å². The number of carbonyl (C=O) groups is 1. The van der Waals surface area contributed by atoms with Crippen LogP contribution in [-0.4, -0.2) is 47.2 Å². The maximum Gasteiger partial charge on any atom is 0.318 e. The molecule has 3 aromatic rings. The normalized spacial score (nSPS) is 14.5. The quantitative estimate of drug-likeness (QED) is 0.725. The smallest absolute Gasteiger partial charge is 0.318 e. The van der Waals surface area contributed by atoms with Crippen molar-refractivity contribution in [1.82, 2.24) is 15.1 Å². The summed E-state index contributed by atoms with van der Waals surface area (Å²) in [6.45, 7) is 2.71. The largest absolute Gasteiger partial charge is 0.403 e. The molecule has 1 aromatic heterocycles. The van der Waals surface area contributed by atoms with Gasteiger partial charge in [-0.1, -0.05) is 53.6 Å². The van der Waals surface area contributed by atoms with Crippen LogP contribution in [0.3, 0.4) is 0 Å². The van der Waals surface area contributed by atoms with E-state index in [1.807, 2.05) is 70.5 Å². The van der Waals surface area contributed by atoms with Gasteiger partial charge in [0.1, 0.15) is 0 Å². The van der Waals surface area contributed by atoms with Crippen LogP contribution in [0.1, 0.15) is 5.56 Å². The lowest BCUT2D eigenvalue weighted by Crippen LogP contribution is -2.49. The van der Waals surface area contributed by atoms with Crippen molar-refractivity contribution >= 4 is 11.9 Å². The van der Waals surface area contributed by atoms with Crippen LogP contribution in [0.4, 0.5) is 6.01 Å². The molecule has 1 saturated heterocycles.